The highest BCUT2D eigenvalue weighted by molar-refractivity contribution is 5.89. The second-order valence-electron chi connectivity index (χ2n) is 9.00. The molecule has 0 aliphatic carbocycles. The molecule has 4 nitrogen and oxygen atoms in total. The first-order chi connectivity index (χ1) is 16.7. The number of unbranched alkanes of at least 4 members (excludes halogenated alkanes) is 2. The molecule has 0 amide bonds. The highest BCUT2D eigenvalue weighted by atomic mass is 16.5. The zero-order valence-electron chi connectivity index (χ0n) is 21.0. The van der Waals surface area contributed by atoms with Crippen LogP contribution in [0, 0.1) is 6.92 Å². The molecule has 0 saturated carbocycles. The maximum Gasteiger partial charge on any atom is 0.138 e. The molecule has 4 heteroatoms. The molecule has 0 bridgehead atoms. The van der Waals surface area contributed by atoms with Gasteiger partial charge in [-0.3, -0.25) is 0 Å². The van der Waals surface area contributed by atoms with E-state index in [4.69, 9.17) is 14.2 Å². The molecule has 180 valence electrons. The van der Waals surface area contributed by atoms with Crippen LogP contribution < -0.4 is 14.4 Å². The van der Waals surface area contributed by atoms with Crippen molar-refractivity contribution in [3.05, 3.63) is 65.7 Å². The number of ether oxygens (including phenoxy) is 3. The number of benzene rings is 3. The summed E-state index contributed by atoms with van der Waals surface area (Å²) in [5.41, 5.74) is 8.20. The van der Waals surface area contributed by atoms with Crippen LogP contribution in [0.15, 0.2) is 54.6 Å². The molecule has 0 atom stereocenters. The van der Waals surface area contributed by atoms with Gasteiger partial charge in [-0.05, 0) is 54.7 Å². The summed E-state index contributed by atoms with van der Waals surface area (Å²) < 4.78 is 17.7. The zero-order chi connectivity index (χ0) is 23.9. The monoisotopic (exact) mass is 459 g/mol. The molecule has 0 N–H and O–H groups in total. The summed E-state index contributed by atoms with van der Waals surface area (Å²) in [5.74, 6) is 1.75. The van der Waals surface area contributed by atoms with Crippen LogP contribution >= 0.6 is 0 Å². The highest BCUT2D eigenvalue weighted by Crippen LogP contribution is 2.48. The molecule has 1 heterocycles. The maximum atomic E-state index is 6.19. The lowest BCUT2D eigenvalue weighted by Crippen LogP contribution is -2.36. The Morgan fingerprint density at radius 3 is 2.26 bits per heavy atom. The molecule has 0 aromatic heterocycles. The van der Waals surface area contributed by atoms with Gasteiger partial charge in [-0.15, -0.1) is 0 Å². The number of morpholine rings is 1. The topological polar surface area (TPSA) is 30.9 Å². The van der Waals surface area contributed by atoms with Crippen LogP contribution in [0.4, 0.5) is 5.69 Å². The van der Waals surface area contributed by atoms with Crippen molar-refractivity contribution >= 4 is 5.69 Å². The third-order valence-electron chi connectivity index (χ3n) is 6.62. The van der Waals surface area contributed by atoms with Gasteiger partial charge in [-0.1, -0.05) is 61.7 Å². The summed E-state index contributed by atoms with van der Waals surface area (Å²) in [6.07, 6.45) is 4.53. The Morgan fingerprint density at radius 2 is 1.59 bits per heavy atom. The zero-order valence-corrected chi connectivity index (χ0v) is 21.0. The predicted octanol–water partition coefficient (Wildman–Crippen LogP) is 6.92. The van der Waals surface area contributed by atoms with E-state index in [9.17, 15) is 0 Å². The van der Waals surface area contributed by atoms with E-state index in [2.05, 4.69) is 73.3 Å². The minimum atomic E-state index is 0.774. The van der Waals surface area contributed by atoms with Crippen LogP contribution in [-0.4, -0.2) is 40.5 Å². The van der Waals surface area contributed by atoms with Gasteiger partial charge < -0.3 is 19.1 Å². The summed E-state index contributed by atoms with van der Waals surface area (Å²) in [4.78, 5) is 2.40. The number of hydrogen-bond acceptors (Lipinski definition) is 4. The minimum Gasteiger partial charge on any atom is -0.496 e. The summed E-state index contributed by atoms with van der Waals surface area (Å²) >= 11 is 0. The Morgan fingerprint density at radius 1 is 0.853 bits per heavy atom. The fourth-order valence-corrected chi connectivity index (χ4v) is 4.88. The quantitative estimate of drug-likeness (QED) is 0.325. The Balaban J connectivity index is 1.91. The molecule has 1 aliphatic rings. The lowest BCUT2D eigenvalue weighted by Gasteiger charge is -2.29. The maximum absolute atomic E-state index is 6.19. The molecule has 4 rings (SSSR count). The summed E-state index contributed by atoms with van der Waals surface area (Å²) in [6.45, 7) is 7.75. The number of nitrogens with zero attached hydrogens (tertiary/aromatic N) is 1. The van der Waals surface area contributed by atoms with E-state index in [1.54, 1.807) is 14.2 Å². The molecule has 0 radical (unpaired) electrons. The van der Waals surface area contributed by atoms with Gasteiger partial charge in [0.25, 0.3) is 0 Å². The Kier molecular flexibility index (Phi) is 8.12. The van der Waals surface area contributed by atoms with Gasteiger partial charge in [0.1, 0.15) is 11.5 Å². The number of rotatable bonds is 9. The van der Waals surface area contributed by atoms with Gasteiger partial charge in [-0.2, -0.15) is 0 Å². The van der Waals surface area contributed by atoms with Crippen LogP contribution in [-0.2, 0) is 11.2 Å². The van der Waals surface area contributed by atoms with Gasteiger partial charge in [0.05, 0.1) is 33.0 Å². The van der Waals surface area contributed by atoms with Crippen molar-refractivity contribution in [2.75, 3.05) is 45.4 Å². The number of anilines is 1. The molecule has 0 unspecified atom stereocenters. The van der Waals surface area contributed by atoms with Crippen molar-refractivity contribution in [3.63, 3.8) is 0 Å². The SMILES string of the molecule is CCCCCc1cc(OC)c(-c2cccc(C)c2)c(OC)c1-c1cccc(N2CCOCC2)c1. The van der Waals surface area contributed by atoms with E-state index in [0.29, 0.717) is 0 Å². The summed E-state index contributed by atoms with van der Waals surface area (Å²) in [5, 5.41) is 0. The van der Waals surface area contributed by atoms with Crippen LogP contribution in [0.3, 0.4) is 0 Å². The van der Waals surface area contributed by atoms with Crippen molar-refractivity contribution in [1.29, 1.82) is 0 Å². The lowest BCUT2D eigenvalue weighted by atomic mass is 9.89. The summed E-state index contributed by atoms with van der Waals surface area (Å²) in [7, 11) is 3.53. The van der Waals surface area contributed by atoms with Gasteiger partial charge in [0.15, 0.2) is 0 Å². The van der Waals surface area contributed by atoms with Crippen LogP contribution in [0.25, 0.3) is 22.3 Å². The third kappa shape index (κ3) is 5.23. The molecule has 0 spiro atoms. The van der Waals surface area contributed by atoms with Crippen LogP contribution in [0.2, 0.25) is 0 Å². The van der Waals surface area contributed by atoms with Gasteiger partial charge in [-0.25, -0.2) is 0 Å². The molecule has 1 aliphatic heterocycles. The Hall–Kier alpha value is -2.98. The van der Waals surface area contributed by atoms with Crippen molar-refractivity contribution in [2.45, 2.75) is 39.5 Å². The molecule has 1 saturated heterocycles. The van der Waals surface area contributed by atoms with Gasteiger partial charge >= 0.3 is 0 Å². The van der Waals surface area contributed by atoms with Crippen LogP contribution in [0.1, 0.15) is 37.3 Å². The van der Waals surface area contributed by atoms with Gasteiger partial charge in [0, 0.05) is 24.3 Å². The third-order valence-corrected chi connectivity index (χ3v) is 6.62. The number of aryl methyl sites for hydroxylation is 2. The molecular formula is C30H37NO3. The number of methoxy groups -OCH3 is 2. The standard InChI is InChI=1S/C30H37NO3/c1-5-6-7-11-25-21-27(32-3)29(23-12-8-10-22(2)19-23)30(33-4)28(25)24-13-9-14-26(20-24)31-15-17-34-18-16-31/h8-10,12-14,19-21H,5-7,11,15-18H2,1-4H3. The Labute approximate surface area is 204 Å². The molecule has 3 aromatic carbocycles. The highest BCUT2D eigenvalue weighted by Gasteiger charge is 2.23. The lowest BCUT2D eigenvalue weighted by molar-refractivity contribution is 0.122. The van der Waals surface area contributed by atoms with E-state index >= 15 is 0 Å². The first-order valence-electron chi connectivity index (χ1n) is 12.4. The fraction of sp³-hybridized carbons (Fsp3) is 0.400. The molecule has 3 aromatic rings. The van der Waals surface area contributed by atoms with E-state index in [0.717, 1.165) is 61.8 Å². The molecule has 34 heavy (non-hydrogen) atoms. The summed E-state index contributed by atoms with van der Waals surface area (Å²) in [6, 6.07) is 19.6. The second kappa shape index (κ2) is 11.4. The second-order valence-corrected chi connectivity index (χ2v) is 9.00. The minimum absolute atomic E-state index is 0.774. The van der Waals surface area contributed by atoms with E-state index in [1.807, 2.05) is 0 Å². The van der Waals surface area contributed by atoms with Crippen molar-refractivity contribution in [2.24, 2.45) is 0 Å². The largest absolute Gasteiger partial charge is 0.496 e. The predicted molar refractivity (Wildman–Crippen MR) is 141 cm³/mol. The average Bonchev–Trinajstić information content (AvgIpc) is 2.88. The first-order valence-corrected chi connectivity index (χ1v) is 12.4. The first kappa shape index (κ1) is 24.2. The van der Waals surface area contributed by atoms with E-state index < -0.39 is 0 Å². The molecule has 1 fully saturated rings. The van der Waals surface area contributed by atoms with Gasteiger partial charge in [0.2, 0.25) is 0 Å². The van der Waals surface area contributed by atoms with Crippen LogP contribution in [0.5, 0.6) is 11.5 Å². The van der Waals surface area contributed by atoms with Crippen molar-refractivity contribution in [1.82, 2.24) is 0 Å². The van der Waals surface area contributed by atoms with Crippen molar-refractivity contribution < 1.29 is 14.2 Å². The average molecular weight is 460 g/mol. The fourth-order valence-electron chi connectivity index (χ4n) is 4.88. The Bertz CT molecular complexity index is 1100. The van der Waals surface area contributed by atoms with E-state index in [-0.39, 0.29) is 0 Å². The smallest absolute Gasteiger partial charge is 0.138 e. The number of hydrogen-bond donors (Lipinski definition) is 0. The van der Waals surface area contributed by atoms with E-state index in [1.165, 1.54) is 40.8 Å². The van der Waals surface area contributed by atoms with Crippen molar-refractivity contribution in [3.8, 4) is 33.8 Å². The molecular weight excluding hydrogens is 422 g/mol. The normalized spacial score (nSPS) is 13.7.